The van der Waals surface area contributed by atoms with Crippen LogP contribution < -0.4 is 11.1 Å². The maximum absolute atomic E-state index is 11.7. The van der Waals surface area contributed by atoms with Gasteiger partial charge in [-0.15, -0.1) is 0 Å². The van der Waals surface area contributed by atoms with Crippen LogP contribution in [-0.4, -0.2) is 43.0 Å². The zero-order chi connectivity index (χ0) is 13.1. The Hall–Kier alpha value is -0.610. The van der Waals surface area contributed by atoms with Crippen molar-refractivity contribution in [3.63, 3.8) is 0 Å². The van der Waals surface area contributed by atoms with Crippen LogP contribution in [0.2, 0.25) is 0 Å². The highest BCUT2D eigenvalue weighted by molar-refractivity contribution is 5.76. The van der Waals surface area contributed by atoms with Gasteiger partial charge in [0.15, 0.2) is 0 Å². The Morgan fingerprint density at radius 3 is 2.47 bits per heavy atom. The van der Waals surface area contributed by atoms with Gasteiger partial charge in [0.05, 0.1) is 0 Å². The molecule has 0 saturated heterocycles. The molecule has 1 unspecified atom stereocenters. The predicted molar refractivity (Wildman–Crippen MR) is 72.9 cm³/mol. The van der Waals surface area contributed by atoms with Gasteiger partial charge in [0.25, 0.3) is 0 Å². The Kier molecular flexibility index (Phi) is 10.2. The van der Waals surface area contributed by atoms with Crippen molar-refractivity contribution >= 4 is 5.91 Å². The number of carbonyl (C=O) groups excluding carboxylic acids is 1. The van der Waals surface area contributed by atoms with E-state index in [4.69, 9.17) is 5.73 Å². The Morgan fingerprint density at radius 2 is 2.00 bits per heavy atom. The van der Waals surface area contributed by atoms with Crippen LogP contribution in [-0.2, 0) is 4.79 Å². The molecule has 0 fully saturated rings. The normalized spacial score (nSPS) is 12.8. The molecule has 0 bridgehead atoms. The third-order valence-corrected chi connectivity index (χ3v) is 2.99. The highest BCUT2D eigenvalue weighted by Crippen LogP contribution is 2.05. The number of amides is 1. The number of likely N-dealkylation sites (N-methyl/N-ethyl adjacent to an activating group) is 1. The van der Waals surface area contributed by atoms with E-state index in [-0.39, 0.29) is 11.9 Å². The number of hydrogen-bond acceptors (Lipinski definition) is 3. The Morgan fingerprint density at radius 1 is 1.29 bits per heavy atom. The molecule has 0 aromatic heterocycles. The van der Waals surface area contributed by atoms with Gasteiger partial charge < -0.3 is 11.1 Å². The van der Waals surface area contributed by atoms with Gasteiger partial charge in [-0.25, -0.2) is 0 Å². The fourth-order valence-corrected chi connectivity index (χ4v) is 1.87. The van der Waals surface area contributed by atoms with Crippen LogP contribution in [0.4, 0.5) is 0 Å². The molecule has 0 aliphatic heterocycles. The van der Waals surface area contributed by atoms with Crippen LogP contribution in [0.25, 0.3) is 0 Å². The monoisotopic (exact) mass is 243 g/mol. The van der Waals surface area contributed by atoms with E-state index in [9.17, 15) is 4.79 Å². The first kappa shape index (κ1) is 16.4. The number of hydrogen-bond donors (Lipinski definition) is 2. The van der Waals surface area contributed by atoms with Crippen molar-refractivity contribution in [1.29, 1.82) is 0 Å². The number of rotatable bonds is 10. The number of unbranched alkanes of at least 4 members (excludes halogenated alkanes) is 1. The van der Waals surface area contributed by atoms with E-state index in [0.29, 0.717) is 13.0 Å². The zero-order valence-electron chi connectivity index (χ0n) is 11.7. The smallest absolute Gasteiger partial charge is 0.221 e. The molecule has 4 nitrogen and oxygen atoms in total. The van der Waals surface area contributed by atoms with Gasteiger partial charge in [-0.05, 0) is 25.9 Å². The minimum Gasteiger partial charge on any atom is -0.356 e. The van der Waals surface area contributed by atoms with E-state index >= 15 is 0 Å². The third kappa shape index (κ3) is 7.34. The fraction of sp³-hybridized carbons (Fsp3) is 0.923. The molecule has 0 aromatic rings. The standard InChI is InChI=1S/C13H29N3O/c1-4-7-9-16(6-3)12(11-14)10-13(17)15-8-5-2/h12H,4-11,14H2,1-3H3,(H,15,17). The van der Waals surface area contributed by atoms with Gasteiger partial charge in [0, 0.05) is 25.6 Å². The molecule has 4 heteroatoms. The first-order chi connectivity index (χ1) is 8.19. The zero-order valence-corrected chi connectivity index (χ0v) is 11.7. The summed E-state index contributed by atoms with van der Waals surface area (Å²) in [6.45, 7) is 9.68. The molecule has 0 aromatic carbocycles. The topological polar surface area (TPSA) is 58.4 Å². The summed E-state index contributed by atoms with van der Waals surface area (Å²) in [5.41, 5.74) is 5.78. The molecular formula is C13H29N3O. The lowest BCUT2D eigenvalue weighted by atomic mass is 10.1. The molecule has 17 heavy (non-hydrogen) atoms. The van der Waals surface area contributed by atoms with Crippen molar-refractivity contribution in [3.8, 4) is 0 Å². The van der Waals surface area contributed by atoms with E-state index < -0.39 is 0 Å². The average Bonchev–Trinajstić information content (AvgIpc) is 2.35. The molecule has 1 atom stereocenters. The van der Waals surface area contributed by atoms with Crippen molar-refractivity contribution in [2.45, 2.75) is 52.5 Å². The maximum atomic E-state index is 11.7. The van der Waals surface area contributed by atoms with Crippen molar-refractivity contribution in [2.24, 2.45) is 5.73 Å². The largest absolute Gasteiger partial charge is 0.356 e. The molecule has 0 aliphatic rings. The maximum Gasteiger partial charge on any atom is 0.221 e. The molecule has 102 valence electrons. The predicted octanol–water partition coefficient (Wildman–Crippen LogP) is 1.35. The highest BCUT2D eigenvalue weighted by atomic mass is 16.1. The van der Waals surface area contributed by atoms with Crippen LogP contribution in [0.5, 0.6) is 0 Å². The molecule has 3 N–H and O–H groups in total. The van der Waals surface area contributed by atoms with Gasteiger partial charge in [-0.1, -0.05) is 27.2 Å². The Balaban J connectivity index is 4.12. The van der Waals surface area contributed by atoms with Crippen molar-refractivity contribution in [1.82, 2.24) is 10.2 Å². The fourth-order valence-electron chi connectivity index (χ4n) is 1.87. The van der Waals surface area contributed by atoms with E-state index in [1.807, 2.05) is 0 Å². The lowest BCUT2D eigenvalue weighted by molar-refractivity contribution is -0.122. The van der Waals surface area contributed by atoms with Crippen molar-refractivity contribution in [3.05, 3.63) is 0 Å². The molecule has 0 rings (SSSR count). The average molecular weight is 243 g/mol. The second-order valence-corrected chi connectivity index (χ2v) is 4.43. The Labute approximate surface area is 106 Å². The molecule has 0 saturated carbocycles. The lowest BCUT2D eigenvalue weighted by Gasteiger charge is -2.29. The quantitative estimate of drug-likeness (QED) is 0.609. The molecule has 1 amide bonds. The summed E-state index contributed by atoms with van der Waals surface area (Å²) >= 11 is 0. The molecule has 0 radical (unpaired) electrons. The van der Waals surface area contributed by atoms with Gasteiger partial charge in [0.1, 0.15) is 0 Å². The van der Waals surface area contributed by atoms with Gasteiger partial charge in [-0.2, -0.15) is 0 Å². The van der Waals surface area contributed by atoms with Crippen LogP contribution in [0.1, 0.15) is 46.5 Å². The van der Waals surface area contributed by atoms with E-state index in [2.05, 4.69) is 31.0 Å². The van der Waals surface area contributed by atoms with Crippen LogP contribution in [0, 0.1) is 0 Å². The second kappa shape index (κ2) is 10.5. The van der Waals surface area contributed by atoms with Crippen LogP contribution >= 0.6 is 0 Å². The molecular weight excluding hydrogens is 214 g/mol. The number of nitrogens with one attached hydrogen (secondary N) is 1. The van der Waals surface area contributed by atoms with Crippen molar-refractivity contribution in [2.75, 3.05) is 26.2 Å². The lowest BCUT2D eigenvalue weighted by Crippen LogP contribution is -2.44. The van der Waals surface area contributed by atoms with E-state index in [1.165, 1.54) is 12.8 Å². The number of nitrogens with two attached hydrogens (primary N) is 1. The van der Waals surface area contributed by atoms with Crippen LogP contribution in [0.15, 0.2) is 0 Å². The highest BCUT2D eigenvalue weighted by Gasteiger charge is 2.18. The van der Waals surface area contributed by atoms with E-state index in [1.54, 1.807) is 0 Å². The summed E-state index contributed by atoms with van der Waals surface area (Å²) < 4.78 is 0. The summed E-state index contributed by atoms with van der Waals surface area (Å²) in [7, 11) is 0. The summed E-state index contributed by atoms with van der Waals surface area (Å²) in [6, 6.07) is 0.184. The van der Waals surface area contributed by atoms with E-state index in [0.717, 1.165) is 26.1 Å². The second-order valence-electron chi connectivity index (χ2n) is 4.43. The van der Waals surface area contributed by atoms with Gasteiger partial charge in [0.2, 0.25) is 5.91 Å². The SMILES string of the molecule is CCCCN(CC)C(CN)CC(=O)NCCC. The van der Waals surface area contributed by atoms with Gasteiger partial charge in [-0.3, -0.25) is 9.69 Å². The van der Waals surface area contributed by atoms with Crippen molar-refractivity contribution < 1.29 is 4.79 Å². The number of nitrogens with zero attached hydrogens (tertiary/aromatic N) is 1. The van der Waals surface area contributed by atoms with Crippen LogP contribution in [0.3, 0.4) is 0 Å². The summed E-state index contributed by atoms with van der Waals surface area (Å²) in [5, 5.41) is 2.91. The first-order valence-electron chi connectivity index (χ1n) is 6.90. The summed E-state index contributed by atoms with van der Waals surface area (Å²) in [6.07, 6.45) is 3.84. The Bertz CT molecular complexity index is 197. The number of carbonyl (C=O) groups is 1. The molecule has 0 heterocycles. The minimum atomic E-state index is 0.122. The molecule has 0 spiro atoms. The minimum absolute atomic E-state index is 0.122. The summed E-state index contributed by atoms with van der Waals surface area (Å²) in [4.78, 5) is 14.0. The third-order valence-electron chi connectivity index (χ3n) is 2.99. The first-order valence-corrected chi connectivity index (χ1v) is 6.90. The summed E-state index contributed by atoms with van der Waals surface area (Å²) in [5.74, 6) is 0.122. The van der Waals surface area contributed by atoms with Gasteiger partial charge >= 0.3 is 0 Å². The molecule has 0 aliphatic carbocycles.